The fourth-order valence-electron chi connectivity index (χ4n) is 0.394. The molecule has 1 saturated heterocycles. The Kier molecular flexibility index (Phi) is 0.917. The Labute approximate surface area is 51.7 Å². The Morgan fingerprint density at radius 1 is 1.67 bits per heavy atom. The van der Waals surface area contributed by atoms with Crippen LogP contribution in [0.5, 0.6) is 0 Å². The number of carboxylic acid groups (broad SMARTS) is 1. The van der Waals surface area contributed by atoms with E-state index in [9.17, 15) is 13.2 Å². The van der Waals surface area contributed by atoms with Crippen molar-refractivity contribution in [3.63, 3.8) is 0 Å². The first-order valence-corrected chi connectivity index (χ1v) is 3.65. The van der Waals surface area contributed by atoms with Gasteiger partial charge in [0, 0.05) is 0 Å². The van der Waals surface area contributed by atoms with Crippen LogP contribution in [-0.2, 0) is 14.8 Å². The first-order chi connectivity index (χ1) is 3.90. The third-order valence-electron chi connectivity index (χ3n) is 1.23. The minimum atomic E-state index is -3.51. The third kappa shape index (κ3) is 0.632. The van der Waals surface area contributed by atoms with Crippen LogP contribution >= 0.6 is 0 Å². The number of nitrogens with one attached hydrogen (secondary N) is 1. The van der Waals surface area contributed by atoms with Crippen LogP contribution in [0.15, 0.2) is 0 Å². The van der Waals surface area contributed by atoms with Crippen molar-refractivity contribution in [3.8, 4) is 0 Å². The summed E-state index contributed by atoms with van der Waals surface area (Å²) >= 11 is 0. The molecule has 1 unspecified atom stereocenters. The molecule has 0 radical (unpaired) electrons. The molecular weight excluding hydrogens is 146 g/mol. The summed E-state index contributed by atoms with van der Waals surface area (Å²) in [5.74, 6) is -1.36. The lowest BCUT2D eigenvalue weighted by Gasteiger charge is -1.88. The predicted octanol–water partition coefficient (Wildman–Crippen LogP) is -1.28. The largest absolute Gasteiger partial charge is 0.479 e. The van der Waals surface area contributed by atoms with Crippen LogP contribution in [0.2, 0.25) is 0 Å². The van der Waals surface area contributed by atoms with Gasteiger partial charge in [0.05, 0.1) is 0 Å². The summed E-state index contributed by atoms with van der Waals surface area (Å²) in [6.07, 6.45) is 0. The molecule has 1 rings (SSSR count). The number of carboxylic acids is 1. The van der Waals surface area contributed by atoms with Crippen molar-refractivity contribution in [3.05, 3.63) is 0 Å². The predicted molar refractivity (Wildman–Crippen MR) is 28.1 cm³/mol. The quantitative estimate of drug-likeness (QED) is 0.456. The van der Waals surface area contributed by atoms with Gasteiger partial charge in [0.25, 0.3) is 0 Å². The average molecular weight is 151 g/mol. The van der Waals surface area contributed by atoms with Crippen LogP contribution in [0.1, 0.15) is 6.92 Å². The first kappa shape index (κ1) is 6.50. The zero-order valence-corrected chi connectivity index (χ0v) is 5.40. The van der Waals surface area contributed by atoms with Crippen LogP contribution in [0.25, 0.3) is 0 Å². The van der Waals surface area contributed by atoms with Crippen molar-refractivity contribution in [2.75, 3.05) is 0 Å². The molecule has 2 N–H and O–H groups in total. The molecule has 52 valence electrons. The third-order valence-corrected chi connectivity index (χ3v) is 3.06. The Balaban J connectivity index is 3.01. The van der Waals surface area contributed by atoms with E-state index in [1.165, 1.54) is 0 Å². The summed E-state index contributed by atoms with van der Waals surface area (Å²) in [4.78, 5) is 8.34. The minimum absolute atomic E-state index is 1.10. The molecule has 0 aromatic heterocycles. The molecule has 0 bridgehead atoms. The second-order valence-corrected chi connectivity index (χ2v) is 3.97. The highest BCUT2D eigenvalue weighted by Crippen LogP contribution is 2.27. The molecule has 1 aliphatic rings. The minimum Gasteiger partial charge on any atom is -0.479 e. The van der Waals surface area contributed by atoms with Crippen LogP contribution < -0.4 is 4.72 Å². The summed E-state index contributed by atoms with van der Waals surface area (Å²) in [6.45, 7) is 1.10. The Hall–Kier alpha value is -0.620. The lowest BCUT2D eigenvalue weighted by Crippen LogP contribution is -2.23. The van der Waals surface area contributed by atoms with Gasteiger partial charge in [-0.1, -0.05) is 0 Å². The normalized spacial score (nSPS) is 37.9. The van der Waals surface area contributed by atoms with Gasteiger partial charge in [-0.15, -0.1) is 0 Å². The molecule has 0 aromatic carbocycles. The van der Waals surface area contributed by atoms with Crippen LogP contribution in [-0.4, -0.2) is 24.4 Å². The van der Waals surface area contributed by atoms with Gasteiger partial charge in [-0.05, 0) is 6.92 Å². The molecule has 1 heterocycles. The lowest BCUT2D eigenvalue weighted by atomic mass is 10.4. The van der Waals surface area contributed by atoms with E-state index in [1.807, 2.05) is 4.72 Å². The summed E-state index contributed by atoms with van der Waals surface area (Å²) in [5.41, 5.74) is 0. The average Bonchev–Trinajstić information content (AvgIpc) is 2.08. The van der Waals surface area contributed by atoms with E-state index in [1.54, 1.807) is 0 Å². The standard InChI is InChI=1S/C3H5NO4S/c1-3(2(5)6)4-9(3,7)8/h4H,1H3,(H,5,6). The molecule has 5 nitrogen and oxygen atoms in total. The highest BCUT2D eigenvalue weighted by atomic mass is 32.2. The summed E-state index contributed by atoms with van der Waals surface area (Å²) in [6, 6.07) is 0. The maximum atomic E-state index is 10.3. The zero-order chi connectivity index (χ0) is 7.28. The molecule has 6 heteroatoms. The Bertz CT molecular complexity index is 255. The van der Waals surface area contributed by atoms with E-state index in [4.69, 9.17) is 5.11 Å². The van der Waals surface area contributed by atoms with Crippen molar-refractivity contribution in [2.24, 2.45) is 0 Å². The highest BCUT2D eigenvalue weighted by Gasteiger charge is 2.63. The van der Waals surface area contributed by atoms with Gasteiger partial charge in [-0.25, -0.2) is 13.2 Å². The fraction of sp³-hybridized carbons (Fsp3) is 0.667. The van der Waals surface area contributed by atoms with Gasteiger partial charge in [0.15, 0.2) is 0 Å². The molecule has 0 aliphatic carbocycles. The van der Waals surface area contributed by atoms with Crippen molar-refractivity contribution in [1.82, 2.24) is 4.72 Å². The van der Waals surface area contributed by atoms with Crippen molar-refractivity contribution < 1.29 is 18.3 Å². The van der Waals surface area contributed by atoms with Crippen molar-refractivity contribution >= 4 is 16.0 Å². The fourth-order valence-corrected chi connectivity index (χ4v) is 1.39. The van der Waals surface area contributed by atoms with Crippen molar-refractivity contribution in [1.29, 1.82) is 0 Å². The first-order valence-electron chi connectivity index (χ1n) is 2.17. The van der Waals surface area contributed by atoms with Gasteiger partial charge in [0.2, 0.25) is 14.9 Å². The topological polar surface area (TPSA) is 93.4 Å². The lowest BCUT2D eigenvalue weighted by molar-refractivity contribution is -0.138. The second-order valence-electron chi connectivity index (χ2n) is 1.94. The summed E-state index contributed by atoms with van der Waals surface area (Å²) < 4.78 is 22.5. The number of carbonyl (C=O) groups is 1. The molecule has 0 spiro atoms. The molecule has 0 saturated carbocycles. The maximum absolute atomic E-state index is 10.3. The molecule has 1 aliphatic heterocycles. The highest BCUT2D eigenvalue weighted by molar-refractivity contribution is 7.98. The second kappa shape index (κ2) is 1.27. The van der Waals surface area contributed by atoms with Gasteiger partial charge in [0.1, 0.15) is 0 Å². The molecule has 9 heavy (non-hydrogen) atoms. The van der Waals surface area contributed by atoms with Crippen LogP contribution in [0.3, 0.4) is 0 Å². The van der Waals surface area contributed by atoms with E-state index >= 15 is 0 Å². The monoisotopic (exact) mass is 151 g/mol. The number of sulfonamides is 1. The van der Waals surface area contributed by atoms with Gasteiger partial charge < -0.3 is 5.11 Å². The molecule has 1 atom stereocenters. The number of rotatable bonds is 1. The SMILES string of the molecule is CC1(C(=O)O)NS1(=O)=O. The summed E-state index contributed by atoms with van der Waals surface area (Å²) in [5, 5.41) is 8.21. The number of aliphatic carboxylic acids is 1. The Morgan fingerprint density at radius 2 is 2.00 bits per heavy atom. The van der Waals surface area contributed by atoms with E-state index in [-0.39, 0.29) is 0 Å². The zero-order valence-electron chi connectivity index (χ0n) is 4.58. The van der Waals surface area contributed by atoms with E-state index in [0.29, 0.717) is 0 Å². The molecule has 1 fully saturated rings. The van der Waals surface area contributed by atoms with Gasteiger partial charge in [-0.2, -0.15) is 4.72 Å². The molecule has 0 aromatic rings. The van der Waals surface area contributed by atoms with Gasteiger partial charge in [-0.3, -0.25) is 0 Å². The van der Waals surface area contributed by atoms with Gasteiger partial charge >= 0.3 is 5.97 Å². The van der Waals surface area contributed by atoms with Crippen LogP contribution in [0.4, 0.5) is 0 Å². The van der Waals surface area contributed by atoms with E-state index in [0.717, 1.165) is 6.92 Å². The smallest absolute Gasteiger partial charge is 0.341 e. The number of hydrogen-bond donors (Lipinski definition) is 2. The number of hydrogen-bond acceptors (Lipinski definition) is 3. The van der Waals surface area contributed by atoms with Crippen molar-refractivity contribution in [2.45, 2.75) is 11.8 Å². The van der Waals surface area contributed by atoms with Crippen LogP contribution in [0, 0.1) is 0 Å². The summed E-state index contributed by atoms with van der Waals surface area (Å²) in [7, 11) is -3.51. The van der Waals surface area contributed by atoms with E-state index in [2.05, 4.69) is 0 Å². The molecular formula is C3H5NO4S. The maximum Gasteiger partial charge on any atom is 0.341 e. The Morgan fingerprint density at radius 3 is 2.00 bits per heavy atom. The molecule has 0 amide bonds. The van der Waals surface area contributed by atoms with E-state index < -0.39 is 20.9 Å².